The summed E-state index contributed by atoms with van der Waals surface area (Å²) in [5, 5.41) is 9.56. The summed E-state index contributed by atoms with van der Waals surface area (Å²) in [5.74, 6) is -0.912. The third-order valence-corrected chi connectivity index (χ3v) is 5.20. The van der Waals surface area contributed by atoms with Gasteiger partial charge < -0.3 is 9.84 Å². The first-order valence-corrected chi connectivity index (χ1v) is 8.24. The first-order chi connectivity index (χ1) is 10.1. The molecule has 0 amide bonds. The molecular weight excluding hydrogens is 334 g/mol. The van der Waals surface area contributed by atoms with Crippen LogP contribution >= 0.6 is 15.9 Å². The number of hydrogen-bond acceptors (Lipinski definition) is 3. The number of halogens is 1. The largest absolute Gasteiger partial charge is 0.481 e. The van der Waals surface area contributed by atoms with Crippen molar-refractivity contribution in [2.75, 3.05) is 26.3 Å². The van der Waals surface area contributed by atoms with Crippen LogP contribution in [-0.2, 0) is 9.53 Å². The van der Waals surface area contributed by atoms with Crippen molar-refractivity contribution in [3.05, 3.63) is 34.3 Å². The second kappa shape index (κ2) is 6.46. The Labute approximate surface area is 133 Å². The highest BCUT2D eigenvalue weighted by Gasteiger charge is 2.41. The van der Waals surface area contributed by atoms with E-state index in [0.29, 0.717) is 12.6 Å². The van der Waals surface area contributed by atoms with Gasteiger partial charge in [0.2, 0.25) is 0 Å². The lowest BCUT2D eigenvalue weighted by Gasteiger charge is -2.31. The zero-order valence-corrected chi connectivity index (χ0v) is 13.5. The Hall–Kier alpha value is -0.910. The maximum absolute atomic E-state index is 11.6. The predicted molar refractivity (Wildman–Crippen MR) is 83.4 cm³/mol. The Morgan fingerprint density at radius 3 is 2.48 bits per heavy atom. The Morgan fingerprint density at radius 2 is 1.86 bits per heavy atom. The fourth-order valence-electron chi connectivity index (χ4n) is 3.48. The van der Waals surface area contributed by atoms with E-state index in [4.69, 9.17) is 4.74 Å². The van der Waals surface area contributed by atoms with Crippen LogP contribution in [0.3, 0.4) is 0 Å². The van der Waals surface area contributed by atoms with Crippen LogP contribution in [0.5, 0.6) is 0 Å². The Balaban J connectivity index is 1.78. The summed E-state index contributed by atoms with van der Waals surface area (Å²) in [4.78, 5) is 14.0. The number of carboxylic acid groups (broad SMARTS) is 1. The number of ether oxygens (including phenoxy) is 1. The van der Waals surface area contributed by atoms with Gasteiger partial charge in [-0.1, -0.05) is 28.1 Å². The zero-order valence-electron chi connectivity index (χ0n) is 11.9. The lowest BCUT2D eigenvalue weighted by Crippen LogP contribution is -2.38. The van der Waals surface area contributed by atoms with E-state index < -0.39 is 5.97 Å². The van der Waals surface area contributed by atoms with Crippen molar-refractivity contribution in [2.45, 2.75) is 24.8 Å². The summed E-state index contributed by atoms with van der Waals surface area (Å²) in [6.45, 7) is 3.08. The molecule has 0 aliphatic carbocycles. The summed E-state index contributed by atoms with van der Waals surface area (Å²) in [6.07, 6.45) is 2.03. The molecule has 0 saturated carbocycles. The quantitative estimate of drug-likeness (QED) is 0.907. The lowest BCUT2D eigenvalue weighted by atomic mass is 9.89. The highest BCUT2D eigenvalue weighted by molar-refractivity contribution is 9.10. The monoisotopic (exact) mass is 353 g/mol. The Kier molecular flexibility index (Phi) is 4.62. The molecule has 1 aromatic carbocycles. The van der Waals surface area contributed by atoms with E-state index in [1.165, 1.54) is 0 Å². The van der Waals surface area contributed by atoms with Crippen LogP contribution in [0.4, 0.5) is 0 Å². The number of hydrogen-bond donors (Lipinski definition) is 1. The highest BCUT2D eigenvalue weighted by atomic mass is 79.9. The molecule has 0 spiro atoms. The van der Waals surface area contributed by atoms with Gasteiger partial charge >= 0.3 is 5.97 Å². The first kappa shape index (κ1) is 15.0. The molecule has 2 aliphatic heterocycles. The van der Waals surface area contributed by atoms with Gasteiger partial charge in [-0.05, 0) is 30.5 Å². The number of carbonyl (C=O) groups is 1. The molecule has 0 aromatic heterocycles. The fraction of sp³-hybridized carbons (Fsp3) is 0.562. The minimum atomic E-state index is -0.683. The van der Waals surface area contributed by atoms with Crippen molar-refractivity contribution in [1.82, 2.24) is 4.90 Å². The van der Waals surface area contributed by atoms with Crippen molar-refractivity contribution in [1.29, 1.82) is 0 Å². The van der Waals surface area contributed by atoms with Crippen LogP contribution in [0.25, 0.3) is 0 Å². The predicted octanol–water partition coefficient (Wildman–Crippen LogP) is 2.73. The number of likely N-dealkylation sites (tertiary alicyclic amines) is 1. The molecule has 0 radical (unpaired) electrons. The first-order valence-electron chi connectivity index (χ1n) is 7.45. The molecule has 5 heteroatoms. The maximum Gasteiger partial charge on any atom is 0.308 e. The second-order valence-electron chi connectivity index (χ2n) is 5.90. The van der Waals surface area contributed by atoms with Crippen LogP contribution in [0.1, 0.15) is 24.3 Å². The standard InChI is InChI=1S/C16H20BrNO3/c17-12-3-1-11(2-4-12)14-9-18(10-15(14)16(19)20)13-5-7-21-8-6-13/h1-4,13-15H,5-10H2,(H,19,20). The molecule has 2 heterocycles. The van der Waals surface area contributed by atoms with Gasteiger partial charge in [-0.2, -0.15) is 0 Å². The van der Waals surface area contributed by atoms with Crippen molar-refractivity contribution in [3.63, 3.8) is 0 Å². The summed E-state index contributed by atoms with van der Waals surface area (Å²) in [7, 11) is 0. The highest BCUT2D eigenvalue weighted by Crippen LogP contribution is 2.35. The molecule has 2 saturated heterocycles. The van der Waals surface area contributed by atoms with E-state index in [-0.39, 0.29) is 11.8 Å². The molecule has 3 rings (SSSR count). The SMILES string of the molecule is O=C(O)C1CN(C2CCOCC2)CC1c1ccc(Br)cc1. The molecule has 2 atom stereocenters. The molecular formula is C16H20BrNO3. The normalized spacial score (nSPS) is 27.9. The van der Waals surface area contributed by atoms with Gasteiger partial charge in [-0.25, -0.2) is 0 Å². The molecule has 2 fully saturated rings. The van der Waals surface area contributed by atoms with Gasteiger partial charge in [-0.3, -0.25) is 9.69 Å². The second-order valence-corrected chi connectivity index (χ2v) is 6.82. The van der Waals surface area contributed by atoms with Crippen molar-refractivity contribution in [2.24, 2.45) is 5.92 Å². The molecule has 1 aromatic rings. The van der Waals surface area contributed by atoms with Gasteiger partial charge in [-0.15, -0.1) is 0 Å². The molecule has 114 valence electrons. The van der Waals surface area contributed by atoms with Crippen LogP contribution < -0.4 is 0 Å². The number of carboxylic acids is 1. The van der Waals surface area contributed by atoms with Gasteiger partial charge in [0.15, 0.2) is 0 Å². The average Bonchev–Trinajstić information content (AvgIpc) is 2.94. The van der Waals surface area contributed by atoms with E-state index in [1.807, 2.05) is 24.3 Å². The minimum Gasteiger partial charge on any atom is -0.481 e. The van der Waals surface area contributed by atoms with Crippen molar-refractivity contribution >= 4 is 21.9 Å². The van der Waals surface area contributed by atoms with Gasteiger partial charge in [0.1, 0.15) is 0 Å². The van der Waals surface area contributed by atoms with Crippen LogP contribution in [0, 0.1) is 5.92 Å². The average molecular weight is 354 g/mol. The smallest absolute Gasteiger partial charge is 0.308 e. The fourth-order valence-corrected chi connectivity index (χ4v) is 3.74. The Bertz CT molecular complexity index is 499. The number of nitrogens with zero attached hydrogens (tertiary/aromatic N) is 1. The Morgan fingerprint density at radius 1 is 1.19 bits per heavy atom. The third-order valence-electron chi connectivity index (χ3n) is 4.67. The van der Waals surface area contributed by atoms with Crippen molar-refractivity contribution in [3.8, 4) is 0 Å². The molecule has 1 N–H and O–H groups in total. The maximum atomic E-state index is 11.6. The number of aliphatic carboxylic acids is 1. The zero-order chi connectivity index (χ0) is 14.8. The molecule has 2 unspecified atom stereocenters. The van der Waals surface area contributed by atoms with Crippen LogP contribution in [0.15, 0.2) is 28.7 Å². The van der Waals surface area contributed by atoms with E-state index in [9.17, 15) is 9.90 Å². The van der Waals surface area contributed by atoms with Crippen molar-refractivity contribution < 1.29 is 14.6 Å². The molecule has 0 bridgehead atoms. The number of rotatable bonds is 3. The topological polar surface area (TPSA) is 49.8 Å². The summed E-state index contributed by atoms with van der Waals surface area (Å²) in [6, 6.07) is 8.54. The molecule has 2 aliphatic rings. The lowest BCUT2D eigenvalue weighted by molar-refractivity contribution is -0.141. The summed E-state index contributed by atoms with van der Waals surface area (Å²) < 4.78 is 6.44. The molecule has 4 nitrogen and oxygen atoms in total. The van der Waals surface area contributed by atoms with Crippen LogP contribution in [-0.4, -0.2) is 48.3 Å². The third kappa shape index (κ3) is 3.30. The van der Waals surface area contributed by atoms with Gasteiger partial charge in [0.05, 0.1) is 5.92 Å². The van der Waals surface area contributed by atoms with E-state index in [2.05, 4.69) is 20.8 Å². The van der Waals surface area contributed by atoms with Gasteiger partial charge in [0, 0.05) is 42.7 Å². The van der Waals surface area contributed by atoms with E-state index in [1.54, 1.807) is 0 Å². The number of benzene rings is 1. The van der Waals surface area contributed by atoms with E-state index in [0.717, 1.165) is 42.6 Å². The minimum absolute atomic E-state index is 0.0819. The van der Waals surface area contributed by atoms with Gasteiger partial charge in [0.25, 0.3) is 0 Å². The van der Waals surface area contributed by atoms with Crippen LogP contribution in [0.2, 0.25) is 0 Å². The summed E-state index contributed by atoms with van der Waals surface area (Å²) in [5.41, 5.74) is 1.13. The summed E-state index contributed by atoms with van der Waals surface area (Å²) >= 11 is 3.43. The van der Waals surface area contributed by atoms with E-state index >= 15 is 0 Å². The molecule has 21 heavy (non-hydrogen) atoms.